The van der Waals surface area contributed by atoms with E-state index in [9.17, 15) is 5.11 Å². The minimum atomic E-state index is -4.67. The summed E-state index contributed by atoms with van der Waals surface area (Å²) in [6, 6.07) is 0. The zero-order valence-corrected chi connectivity index (χ0v) is 22.5. The van der Waals surface area contributed by atoms with Crippen LogP contribution in [-0.4, -0.2) is 58.3 Å². The van der Waals surface area contributed by atoms with Crippen molar-refractivity contribution in [1.82, 2.24) is 0 Å². The molecule has 34 heavy (non-hydrogen) atoms. The van der Waals surface area contributed by atoms with Crippen LogP contribution in [-0.2, 0) is 10.4 Å². The van der Waals surface area contributed by atoms with E-state index >= 15 is 0 Å². The summed E-state index contributed by atoms with van der Waals surface area (Å²) in [6.45, 7) is 12.7. The summed E-state index contributed by atoms with van der Waals surface area (Å²) < 4.78 is 31.6. The van der Waals surface area contributed by atoms with Crippen LogP contribution in [0.25, 0.3) is 0 Å². The van der Waals surface area contributed by atoms with E-state index in [0.717, 1.165) is 54.3 Å². The van der Waals surface area contributed by atoms with Gasteiger partial charge >= 0.3 is 40.0 Å². The molecule has 7 heteroatoms. The van der Waals surface area contributed by atoms with Crippen LogP contribution in [0.3, 0.4) is 0 Å². The molecule has 4 fully saturated rings. The zero-order chi connectivity index (χ0) is 24.6. The molecule has 3 N–H and O–H groups in total. The first-order chi connectivity index (χ1) is 15.3. The van der Waals surface area contributed by atoms with Gasteiger partial charge in [0.05, 0.1) is 6.10 Å². The van der Waals surface area contributed by atoms with E-state index in [-0.39, 0.29) is 35.7 Å². The molecule has 0 aromatic heterocycles. The van der Waals surface area contributed by atoms with Crippen molar-refractivity contribution >= 4 is 40.0 Å². The fraction of sp³-hybridized carbons (Fsp3) is 1.00. The van der Waals surface area contributed by atoms with Crippen LogP contribution < -0.4 is 0 Å². The average Bonchev–Trinajstić information content (AvgIpc) is 3.04. The predicted molar refractivity (Wildman–Crippen MR) is 140 cm³/mol. The van der Waals surface area contributed by atoms with Gasteiger partial charge in [-0.15, -0.1) is 0 Å². The van der Waals surface area contributed by atoms with Crippen molar-refractivity contribution < 1.29 is 22.6 Å². The third-order valence-corrected chi connectivity index (χ3v) is 10.8. The third kappa shape index (κ3) is 7.02. The van der Waals surface area contributed by atoms with Gasteiger partial charge in [-0.3, -0.25) is 9.11 Å². The topological polar surface area (TPSA) is 94.8 Å². The molecule has 4 aliphatic rings. The molecule has 4 rings (SSSR count). The minimum absolute atomic E-state index is 0. The Bertz CT molecular complexity index is 750. The number of aliphatic hydroxyl groups excluding tert-OH is 1. The predicted octanol–water partition coefficient (Wildman–Crippen LogP) is 6.17. The van der Waals surface area contributed by atoms with E-state index in [2.05, 4.69) is 34.6 Å². The Morgan fingerprint density at radius 2 is 1.44 bits per heavy atom. The van der Waals surface area contributed by atoms with E-state index in [1.54, 1.807) is 0 Å². The summed E-state index contributed by atoms with van der Waals surface area (Å²) in [5.74, 6) is 6.49. The fourth-order valence-electron chi connectivity index (χ4n) is 9.26. The molecule has 0 spiro atoms. The number of hydrogen-bond acceptors (Lipinski definition) is 3. The Morgan fingerprint density at radius 3 is 2.06 bits per heavy atom. The summed E-state index contributed by atoms with van der Waals surface area (Å²) in [5.41, 5.74) is 1.15. The molecule has 4 aliphatic carbocycles. The maximum absolute atomic E-state index is 10.3. The molecule has 4 saturated carbocycles. The van der Waals surface area contributed by atoms with E-state index in [1.165, 1.54) is 64.2 Å². The van der Waals surface area contributed by atoms with Gasteiger partial charge in [0, 0.05) is 0 Å². The van der Waals surface area contributed by atoms with Crippen molar-refractivity contribution in [3.63, 3.8) is 0 Å². The Kier molecular flexibility index (Phi) is 11.1. The first-order valence-electron chi connectivity index (χ1n) is 13.6. The Balaban J connectivity index is 0.000000619. The van der Waals surface area contributed by atoms with Crippen LogP contribution in [0.1, 0.15) is 112 Å². The van der Waals surface area contributed by atoms with Gasteiger partial charge < -0.3 is 5.11 Å². The molecule has 0 aromatic carbocycles. The maximum atomic E-state index is 10.3. The normalized spacial score (nSPS) is 42.4. The molecule has 9 atom stereocenters. The van der Waals surface area contributed by atoms with Gasteiger partial charge in [-0.05, 0) is 110 Å². The van der Waals surface area contributed by atoms with Crippen LogP contribution in [0.5, 0.6) is 0 Å². The molecular weight excluding hydrogens is 459 g/mol. The van der Waals surface area contributed by atoms with Gasteiger partial charge in [0.25, 0.3) is 0 Å². The van der Waals surface area contributed by atoms with Crippen molar-refractivity contribution in [1.29, 1.82) is 0 Å². The summed E-state index contributed by atoms with van der Waals surface area (Å²) in [4.78, 5) is 0. The number of fused-ring (bicyclic) bond motifs is 5. The van der Waals surface area contributed by atoms with Crippen molar-refractivity contribution in [2.45, 2.75) is 118 Å². The Hall–Kier alpha value is 0.830. The van der Waals surface area contributed by atoms with Gasteiger partial charge in [-0.25, -0.2) is 0 Å². The number of aliphatic hydroxyl groups is 1. The molecule has 0 bridgehead atoms. The molecule has 0 radical (unpaired) electrons. The van der Waals surface area contributed by atoms with Crippen LogP contribution in [0.4, 0.5) is 0 Å². The number of rotatable bonds is 5. The van der Waals surface area contributed by atoms with Gasteiger partial charge in [0.15, 0.2) is 0 Å². The van der Waals surface area contributed by atoms with Gasteiger partial charge in [0.2, 0.25) is 0 Å². The van der Waals surface area contributed by atoms with E-state index < -0.39 is 10.4 Å². The van der Waals surface area contributed by atoms with Crippen molar-refractivity contribution in [2.75, 3.05) is 0 Å². The molecular formula is C27H51NaO5S. The summed E-state index contributed by atoms with van der Waals surface area (Å²) >= 11 is 0. The molecule has 0 aliphatic heterocycles. The quantitative estimate of drug-likeness (QED) is 0.304. The van der Waals surface area contributed by atoms with Crippen LogP contribution in [0, 0.1) is 52.3 Å². The van der Waals surface area contributed by atoms with Crippen LogP contribution in [0.15, 0.2) is 0 Å². The second-order valence-electron chi connectivity index (χ2n) is 13.1. The zero-order valence-electron chi connectivity index (χ0n) is 21.7. The van der Waals surface area contributed by atoms with E-state index in [0.29, 0.717) is 10.8 Å². The molecule has 0 heterocycles. The SMILES string of the molecule is CC(C)CCC[C@@H](C)[C@H]1CC[C@H]2[C@@H]3CCC4C[C@@H](O)CC[C@]4(C)[C@H]3CC[C@]12C.O=S(=O)(O)O.[NaH]. The van der Waals surface area contributed by atoms with Crippen LogP contribution in [0.2, 0.25) is 0 Å². The molecule has 5 nitrogen and oxygen atoms in total. The average molecular weight is 511 g/mol. The summed E-state index contributed by atoms with van der Waals surface area (Å²) in [6.07, 6.45) is 16.6. The monoisotopic (exact) mass is 510 g/mol. The van der Waals surface area contributed by atoms with E-state index in [1.807, 2.05) is 0 Å². The standard InChI is InChI=1S/C27H48O.Na.H2O4S.H/c1-18(2)7-6-8-19(3)23-11-12-24-22-10-9-20-17-21(28)13-15-26(20,4)25(22)14-16-27(23,24)5;;1-5(2,3)4;/h18-25,28H,6-17H2,1-5H3;;(H2,1,2,3,4);/t19-,20?,21+,22+,23-,24+,25+,26+,27-;;;/m1.../s1. The van der Waals surface area contributed by atoms with Crippen molar-refractivity contribution in [2.24, 2.45) is 52.3 Å². The van der Waals surface area contributed by atoms with Gasteiger partial charge in [0.1, 0.15) is 0 Å². The summed E-state index contributed by atoms with van der Waals surface area (Å²) in [7, 11) is -4.67. The number of hydrogen-bond donors (Lipinski definition) is 3. The fourth-order valence-corrected chi connectivity index (χ4v) is 9.26. The molecule has 0 amide bonds. The van der Waals surface area contributed by atoms with Crippen molar-refractivity contribution in [3.8, 4) is 0 Å². The van der Waals surface area contributed by atoms with E-state index in [4.69, 9.17) is 17.5 Å². The second kappa shape index (κ2) is 12.1. The first kappa shape index (κ1) is 31.1. The first-order valence-corrected chi connectivity index (χ1v) is 15.0. The molecule has 196 valence electrons. The van der Waals surface area contributed by atoms with Crippen molar-refractivity contribution in [3.05, 3.63) is 0 Å². The van der Waals surface area contributed by atoms with Gasteiger partial charge in [-0.1, -0.05) is 53.9 Å². The van der Waals surface area contributed by atoms with Crippen LogP contribution >= 0.6 is 0 Å². The Morgan fingerprint density at radius 1 is 0.853 bits per heavy atom. The second-order valence-corrected chi connectivity index (χ2v) is 14.0. The summed E-state index contributed by atoms with van der Waals surface area (Å²) in [5, 5.41) is 10.3. The molecule has 0 saturated heterocycles. The molecule has 0 aromatic rings. The molecule has 1 unspecified atom stereocenters. The Labute approximate surface area is 231 Å². The van der Waals surface area contributed by atoms with Gasteiger partial charge in [-0.2, -0.15) is 8.42 Å². The third-order valence-electron chi connectivity index (χ3n) is 10.8.